The summed E-state index contributed by atoms with van der Waals surface area (Å²) in [4.78, 5) is 0.280. The van der Waals surface area contributed by atoms with Crippen LogP contribution in [0.15, 0.2) is 23.1 Å². The molecule has 0 bridgehead atoms. The highest BCUT2D eigenvalue weighted by Crippen LogP contribution is 2.24. The van der Waals surface area contributed by atoms with Crippen LogP contribution in [0.1, 0.15) is 12.5 Å². The van der Waals surface area contributed by atoms with Crippen molar-refractivity contribution in [2.24, 2.45) is 0 Å². The minimum Gasteiger partial charge on any atom is -0.399 e. The maximum Gasteiger partial charge on any atom is 0.243 e. The van der Waals surface area contributed by atoms with Crippen molar-refractivity contribution in [3.05, 3.63) is 23.8 Å². The molecule has 2 N–H and O–H groups in total. The molecule has 0 spiro atoms. The molecule has 106 valence electrons. The second-order valence-electron chi connectivity index (χ2n) is 4.47. The third-order valence-electron chi connectivity index (χ3n) is 3.23. The number of benzene rings is 1. The quantitative estimate of drug-likeness (QED) is 0.828. The first-order valence-electron chi connectivity index (χ1n) is 6.18. The van der Waals surface area contributed by atoms with Gasteiger partial charge in [0.1, 0.15) is 0 Å². The smallest absolute Gasteiger partial charge is 0.243 e. The van der Waals surface area contributed by atoms with Crippen LogP contribution in [0, 0.1) is 0 Å². The fraction of sp³-hybridized carbons (Fsp3) is 0.500. The van der Waals surface area contributed by atoms with Gasteiger partial charge in [0.15, 0.2) is 0 Å². The Morgan fingerprint density at radius 3 is 2.53 bits per heavy atom. The lowest BCUT2D eigenvalue weighted by molar-refractivity contribution is 0.438. The predicted octanol–water partition coefficient (Wildman–Crippen LogP) is 0.584. The van der Waals surface area contributed by atoms with Crippen LogP contribution in [-0.2, 0) is 27.2 Å². The molecule has 1 aromatic rings. The van der Waals surface area contributed by atoms with Crippen molar-refractivity contribution in [1.82, 2.24) is 4.31 Å². The average Bonchev–Trinajstić information content (AvgIpc) is 2.39. The van der Waals surface area contributed by atoms with Crippen LogP contribution in [0.2, 0.25) is 0 Å². The molecule has 0 saturated carbocycles. The molecule has 19 heavy (non-hydrogen) atoms. The van der Waals surface area contributed by atoms with Gasteiger partial charge < -0.3 is 5.73 Å². The molecule has 7 heteroatoms. The molecule has 0 atom stereocenters. The molecule has 1 aliphatic rings. The fourth-order valence-electron chi connectivity index (χ4n) is 2.10. The van der Waals surface area contributed by atoms with Gasteiger partial charge in [-0.1, -0.05) is 13.0 Å². The first kappa shape index (κ1) is 14.5. The van der Waals surface area contributed by atoms with Gasteiger partial charge in [0.05, 0.1) is 4.90 Å². The first-order chi connectivity index (χ1) is 8.95. The van der Waals surface area contributed by atoms with Crippen molar-refractivity contribution in [3.8, 4) is 0 Å². The van der Waals surface area contributed by atoms with Crippen LogP contribution in [-0.4, -0.2) is 41.5 Å². The summed E-state index contributed by atoms with van der Waals surface area (Å²) in [5.41, 5.74) is 6.90. The summed E-state index contributed by atoms with van der Waals surface area (Å²) in [7, 11) is -4.43. The number of hydrogen-bond donors (Lipinski definition) is 1. The molecular formula is C12H18N2O3S2. The van der Waals surface area contributed by atoms with Gasteiger partial charge in [0, 0.05) is 41.1 Å². The topological polar surface area (TPSA) is 80.5 Å². The Morgan fingerprint density at radius 2 is 1.95 bits per heavy atom. The zero-order valence-corrected chi connectivity index (χ0v) is 12.5. The van der Waals surface area contributed by atoms with E-state index in [1.54, 1.807) is 12.1 Å². The zero-order chi connectivity index (χ0) is 14.0. The summed E-state index contributed by atoms with van der Waals surface area (Å²) in [6.45, 7) is 2.54. The van der Waals surface area contributed by atoms with Gasteiger partial charge in [-0.15, -0.1) is 0 Å². The van der Waals surface area contributed by atoms with E-state index in [0.717, 1.165) is 5.56 Å². The van der Waals surface area contributed by atoms with Gasteiger partial charge in [-0.25, -0.2) is 8.42 Å². The van der Waals surface area contributed by atoms with E-state index in [2.05, 4.69) is 0 Å². The first-order valence-corrected chi connectivity index (χ1v) is 9.11. The maximum absolute atomic E-state index is 12.6. The van der Waals surface area contributed by atoms with Crippen molar-refractivity contribution >= 4 is 26.5 Å². The molecule has 0 aromatic heterocycles. The Morgan fingerprint density at radius 1 is 1.32 bits per heavy atom. The SMILES string of the molecule is CCc1ccc(N)cc1S(=O)(=O)N1CCS(=O)CC1. The van der Waals surface area contributed by atoms with Crippen molar-refractivity contribution in [2.75, 3.05) is 30.3 Å². The lowest BCUT2D eigenvalue weighted by atomic mass is 10.1. The second kappa shape index (κ2) is 5.60. The highest BCUT2D eigenvalue weighted by molar-refractivity contribution is 7.89. The van der Waals surface area contributed by atoms with E-state index in [0.29, 0.717) is 36.7 Å². The van der Waals surface area contributed by atoms with Crippen LogP contribution in [0.4, 0.5) is 5.69 Å². The molecule has 0 aliphatic carbocycles. The third kappa shape index (κ3) is 2.98. The minimum atomic E-state index is -3.53. The molecular weight excluding hydrogens is 284 g/mol. The molecule has 0 unspecified atom stereocenters. The maximum atomic E-state index is 12.6. The van der Waals surface area contributed by atoms with Gasteiger partial charge in [0.25, 0.3) is 0 Å². The Hall–Kier alpha value is -0.920. The van der Waals surface area contributed by atoms with E-state index in [-0.39, 0.29) is 4.90 Å². The van der Waals surface area contributed by atoms with Crippen LogP contribution in [0.5, 0.6) is 0 Å². The second-order valence-corrected chi connectivity index (χ2v) is 8.08. The molecule has 5 nitrogen and oxygen atoms in total. The van der Waals surface area contributed by atoms with E-state index in [4.69, 9.17) is 5.73 Å². The molecule has 1 aromatic carbocycles. The van der Waals surface area contributed by atoms with Crippen molar-refractivity contribution in [1.29, 1.82) is 0 Å². The van der Waals surface area contributed by atoms with Crippen LogP contribution in [0.3, 0.4) is 0 Å². The van der Waals surface area contributed by atoms with E-state index >= 15 is 0 Å². The minimum absolute atomic E-state index is 0.280. The summed E-state index contributed by atoms with van der Waals surface area (Å²) in [5, 5.41) is 0. The van der Waals surface area contributed by atoms with Crippen molar-refractivity contribution in [3.63, 3.8) is 0 Å². The number of nitrogen functional groups attached to an aromatic ring is 1. The number of aryl methyl sites for hydroxylation is 1. The highest BCUT2D eigenvalue weighted by Gasteiger charge is 2.29. The zero-order valence-electron chi connectivity index (χ0n) is 10.8. The molecule has 1 saturated heterocycles. The summed E-state index contributed by atoms with van der Waals surface area (Å²) < 4.78 is 37.9. The number of anilines is 1. The van der Waals surface area contributed by atoms with E-state index in [9.17, 15) is 12.6 Å². The summed E-state index contributed by atoms with van der Waals surface area (Å²) in [5.74, 6) is 0.812. The van der Waals surface area contributed by atoms with Gasteiger partial charge >= 0.3 is 0 Å². The van der Waals surface area contributed by atoms with Crippen LogP contribution >= 0.6 is 0 Å². The molecule has 2 rings (SSSR count). The Labute approximate surface area is 116 Å². The third-order valence-corrected chi connectivity index (χ3v) is 6.48. The molecule has 1 heterocycles. The van der Waals surface area contributed by atoms with Gasteiger partial charge in [-0.05, 0) is 24.1 Å². The Kier molecular flexibility index (Phi) is 4.27. The van der Waals surface area contributed by atoms with Gasteiger partial charge in [0.2, 0.25) is 10.0 Å². The van der Waals surface area contributed by atoms with E-state index in [1.807, 2.05) is 6.92 Å². The largest absolute Gasteiger partial charge is 0.399 e. The van der Waals surface area contributed by atoms with E-state index in [1.165, 1.54) is 10.4 Å². The number of sulfonamides is 1. The number of hydrogen-bond acceptors (Lipinski definition) is 4. The van der Waals surface area contributed by atoms with Gasteiger partial charge in [-0.2, -0.15) is 4.31 Å². The standard InChI is InChI=1S/C12H18N2O3S2/c1-2-10-3-4-11(13)9-12(10)19(16,17)14-5-7-18(15)8-6-14/h3-4,9H,2,5-8,13H2,1H3. The molecule has 0 radical (unpaired) electrons. The van der Waals surface area contributed by atoms with Crippen LogP contribution in [0.25, 0.3) is 0 Å². The lowest BCUT2D eigenvalue weighted by Gasteiger charge is -2.26. The lowest BCUT2D eigenvalue weighted by Crippen LogP contribution is -2.42. The summed E-state index contributed by atoms with van der Waals surface area (Å²) in [6.07, 6.45) is 0.634. The number of nitrogens with zero attached hydrogens (tertiary/aromatic N) is 1. The monoisotopic (exact) mass is 302 g/mol. The normalized spacial score (nSPS) is 18.6. The fourth-order valence-corrected chi connectivity index (χ4v) is 5.16. The average molecular weight is 302 g/mol. The molecule has 1 aliphatic heterocycles. The highest BCUT2D eigenvalue weighted by atomic mass is 32.2. The number of nitrogens with two attached hydrogens (primary N) is 1. The summed E-state index contributed by atoms with van der Waals surface area (Å²) >= 11 is 0. The van der Waals surface area contributed by atoms with Gasteiger partial charge in [-0.3, -0.25) is 4.21 Å². The Balaban J connectivity index is 2.39. The predicted molar refractivity (Wildman–Crippen MR) is 76.9 cm³/mol. The van der Waals surface area contributed by atoms with Crippen molar-refractivity contribution < 1.29 is 12.6 Å². The molecule has 1 fully saturated rings. The molecule has 0 amide bonds. The van der Waals surface area contributed by atoms with E-state index < -0.39 is 20.8 Å². The Bertz CT molecular complexity index is 589. The summed E-state index contributed by atoms with van der Waals surface area (Å²) in [6, 6.07) is 4.98. The van der Waals surface area contributed by atoms with Crippen LogP contribution < -0.4 is 5.73 Å². The van der Waals surface area contributed by atoms with Crippen molar-refractivity contribution in [2.45, 2.75) is 18.2 Å². The number of rotatable bonds is 3.